The topological polar surface area (TPSA) is 66.9 Å². The first-order valence-corrected chi connectivity index (χ1v) is 10.9. The largest absolute Gasteiger partial charge is 0.362 e. The molecule has 24 heavy (non-hydrogen) atoms. The van der Waals surface area contributed by atoms with Gasteiger partial charge in [-0.05, 0) is 50.9 Å². The van der Waals surface area contributed by atoms with Crippen molar-refractivity contribution in [3.8, 4) is 0 Å². The van der Waals surface area contributed by atoms with Crippen molar-refractivity contribution >= 4 is 15.9 Å². The smallest absolute Gasteiger partial charge is 0.251 e. The van der Waals surface area contributed by atoms with Gasteiger partial charge in [-0.15, -0.1) is 0 Å². The maximum absolute atomic E-state index is 12.6. The van der Waals surface area contributed by atoms with Crippen molar-refractivity contribution in [2.24, 2.45) is 5.92 Å². The Kier molecular flexibility index (Phi) is 4.16. The van der Waals surface area contributed by atoms with E-state index in [4.69, 9.17) is 4.74 Å². The molecule has 0 unspecified atom stereocenters. The molecule has 1 amide bonds. The molecule has 0 aromatic carbocycles. The number of ether oxygens (including phenoxy) is 1. The number of hydrogen-bond acceptors (Lipinski definition) is 4. The molecular weight excluding hydrogens is 328 g/mol. The van der Waals surface area contributed by atoms with Gasteiger partial charge in [0, 0.05) is 26.2 Å². The SMILES string of the molecule is C[C@@H]1CN(S(=O)(=O)C2CC2)CC[C@@]12CC[C@H](C(=O)N1CCCC1)O2. The lowest BCUT2D eigenvalue weighted by atomic mass is 9.81. The van der Waals surface area contributed by atoms with E-state index in [0.29, 0.717) is 19.5 Å². The zero-order chi connectivity index (χ0) is 16.9. The molecule has 1 aliphatic carbocycles. The third-order valence-corrected chi connectivity index (χ3v) is 8.73. The van der Waals surface area contributed by atoms with E-state index in [1.165, 1.54) is 0 Å². The number of piperidine rings is 1. The Bertz CT molecular complexity index is 612. The van der Waals surface area contributed by atoms with Crippen molar-refractivity contribution in [2.45, 2.75) is 68.8 Å². The number of sulfonamides is 1. The molecule has 4 fully saturated rings. The van der Waals surface area contributed by atoms with E-state index in [9.17, 15) is 13.2 Å². The van der Waals surface area contributed by atoms with Gasteiger partial charge in [-0.2, -0.15) is 0 Å². The minimum atomic E-state index is -3.11. The van der Waals surface area contributed by atoms with Gasteiger partial charge >= 0.3 is 0 Å². The summed E-state index contributed by atoms with van der Waals surface area (Å²) in [6.07, 6.45) is 5.83. The number of hydrogen-bond donors (Lipinski definition) is 0. The van der Waals surface area contributed by atoms with Crippen LogP contribution in [0.15, 0.2) is 0 Å². The summed E-state index contributed by atoms with van der Waals surface area (Å²) >= 11 is 0. The summed E-state index contributed by atoms with van der Waals surface area (Å²) < 4.78 is 32.9. The molecule has 0 bridgehead atoms. The second-order valence-corrected chi connectivity index (χ2v) is 10.2. The number of rotatable bonds is 3. The monoisotopic (exact) mass is 356 g/mol. The van der Waals surface area contributed by atoms with Gasteiger partial charge in [-0.1, -0.05) is 6.92 Å². The van der Waals surface area contributed by atoms with Gasteiger partial charge in [0.15, 0.2) is 0 Å². The lowest BCUT2D eigenvalue weighted by molar-refractivity contribution is -0.154. The van der Waals surface area contributed by atoms with Crippen LogP contribution >= 0.6 is 0 Å². The van der Waals surface area contributed by atoms with Gasteiger partial charge in [-0.25, -0.2) is 12.7 Å². The zero-order valence-corrected chi connectivity index (χ0v) is 15.3. The zero-order valence-electron chi connectivity index (χ0n) is 14.4. The summed E-state index contributed by atoms with van der Waals surface area (Å²) in [6.45, 7) is 4.86. The third kappa shape index (κ3) is 2.78. The molecule has 1 saturated carbocycles. The van der Waals surface area contributed by atoms with Gasteiger partial charge in [0.2, 0.25) is 10.0 Å². The summed E-state index contributed by atoms with van der Waals surface area (Å²) in [7, 11) is -3.11. The average Bonchev–Trinajstić information content (AvgIpc) is 3.13. The molecule has 0 aromatic heterocycles. The predicted molar refractivity (Wildman–Crippen MR) is 89.9 cm³/mol. The van der Waals surface area contributed by atoms with Crippen LogP contribution in [-0.2, 0) is 19.6 Å². The van der Waals surface area contributed by atoms with Crippen LogP contribution in [0.3, 0.4) is 0 Å². The first kappa shape index (κ1) is 16.8. The van der Waals surface area contributed by atoms with Gasteiger partial charge in [0.1, 0.15) is 6.10 Å². The molecule has 3 saturated heterocycles. The van der Waals surface area contributed by atoms with E-state index in [1.54, 1.807) is 4.31 Å². The van der Waals surface area contributed by atoms with Gasteiger partial charge in [-0.3, -0.25) is 4.79 Å². The third-order valence-electron chi connectivity index (χ3n) is 6.37. The molecule has 1 spiro atoms. The number of amides is 1. The summed E-state index contributed by atoms with van der Waals surface area (Å²) in [5, 5.41) is -0.146. The van der Waals surface area contributed by atoms with Crippen LogP contribution < -0.4 is 0 Å². The van der Waals surface area contributed by atoms with Crippen molar-refractivity contribution in [3.05, 3.63) is 0 Å². The molecule has 136 valence electrons. The highest BCUT2D eigenvalue weighted by atomic mass is 32.2. The van der Waals surface area contributed by atoms with Crippen LogP contribution in [0.2, 0.25) is 0 Å². The normalized spacial score (nSPS) is 38.1. The van der Waals surface area contributed by atoms with E-state index >= 15 is 0 Å². The Hall–Kier alpha value is -0.660. The molecule has 3 atom stereocenters. The summed E-state index contributed by atoms with van der Waals surface area (Å²) in [6, 6.07) is 0. The van der Waals surface area contributed by atoms with Crippen molar-refractivity contribution in [3.63, 3.8) is 0 Å². The number of nitrogens with zero attached hydrogens (tertiary/aromatic N) is 2. The highest BCUT2D eigenvalue weighted by molar-refractivity contribution is 7.90. The number of likely N-dealkylation sites (tertiary alicyclic amines) is 1. The Morgan fingerprint density at radius 3 is 2.42 bits per heavy atom. The molecule has 6 nitrogen and oxygen atoms in total. The summed E-state index contributed by atoms with van der Waals surface area (Å²) in [5.41, 5.74) is -0.310. The first-order valence-electron chi connectivity index (χ1n) is 9.38. The quantitative estimate of drug-likeness (QED) is 0.766. The lowest BCUT2D eigenvalue weighted by Gasteiger charge is -2.43. The Balaban J connectivity index is 1.41. The molecule has 4 aliphatic rings. The molecule has 3 heterocycles. The Labute approximate surface area is 144 Å². The Morgan fingerprint density at radius 2 is 1.79 bits per heavy atom. The van der Waals surface area contributed by atoms with Crippen molar-refractivity contribution in [2.75, 3.05) is 26.2 Å². The summed E-state index contributed by atoms with van der Waals surface area (Å²) in [5.74, 6) is 0.278. The molecule has 0 radical (unpaired) electrons. The van der Waals surface area contributed by atoms with E-state index in [1.807, 2.05) is 4.90 Å². The fraction of sp³-hybridized carbons (Fsp3) is 0.941. The minimum absolute atomic E-state index is 0.135. The second-order valence-electron chi connectivity index (χ2n) is 8.00. The van der Waals surface area contributed by atoms with Crippen LogP contribution in [0, 0.1) is 5.92 Å². The van der Waals surface area contributed by atoms with Gasteiger partial charge in [0.25, 0.3) is 5.91 Å². The second kappa shape index (κ2) is 5.95. The van der Waals surface area contributed by atoms with Gasteiger partial charge < -0.3 is 9.64 Å². The van der Waals surface area contributed by atoms with Crippen LogP contribution in [0.4, 0.5) is 0 Å². The molecule has 4 rings (SSSR count). The molecule has 3 aliphatic heterocycles. The number of carbonyl (C=O) groups excluding carboxylic acids is 1. The average molecular weight is 356 g/mol. The minimum Gasteiger partial charge on any atom is -0.362 e. The first-order chi connectivity index (χ1) is 11.4. The van der Waals surface area contributed by atoms with E-state index in [-0.39, 0.29) is 28.8 Å². The van der Waals surface area contributed by atoms with Crippen molar-refractivity contribution in [1.29, 1.82) is 0 Å². The fourth-order valence-electron chi connectivity index (χ4n) is 4.57. The van der Waals surface area contributed by atoms with Crippen molar-refractivity contribution < 1.29 is 17.9 Å². The predicted octanol–water partition coefficient (Wildman–Crippen LogP) is 1.36. The highest BCUT2D eigenvalue weighted by Crippen LogP contribution is 2.44. The van der Waals surface area contributed by atoms with Crippen LogP contribution in [0.25, 0.3) is 0 Å². The standard InChI is InChI=1S/C17H28N2O4S/c1-13-12-19(24(21,22)14-4-5-14)11-8-17(13)7-6-15(23-17)16(20)18-9-2-3-10-18/h13-15H,2-12H2,1H3/t13-,15-,17+/m1/s1. The van der Waals surface area contributed by atoms with Crippen LogP contribution in [0.1, 0.15) is 51.9 Å². The molecular formula is C17H28N2O4S. The van der Waals surface area contributed by atoms with Gasteiger partial charge in [0.05, 0.1) is 10.9 Å². The van der Waals surface area contributed by atoms with Crippen LogP contribution in [0.5, 0.6) is 0 Å². The lowest BCUT2D eigenvalue weighted by Crippen LogP contribution is -2.53. The molecule has 7 heteroatoms. The maximum atomic E-state index is 12.6. The molecule has 0 aromatic rings. The Morgan fingerprint density at radius 1 is 1.08 bits per heavy atom. The summed E-state index contributed by atoms with van der Waals surface area (Å²) in [4.78, 5) is 14.5. The van der Waals surface area contributed by atoms with Crippen LogP contribution in [-0.4, -0.2) is 66.7 Å². The van der Waals surface area contributed by atoms with Crippen molar-refractivity contribution in [1.82, 2.24) is 9.21 Å². The van der Waals surface area contributed by atoms with E-state index in [2.05, 4.69) is 6.92 Å². The van der Waals surface area contributed by atoms with E-state index < -0.39 is 10.0 Å². The van der Waals surface area contributed by atoms with E-state index in [0.717, 1.165) is 51.6 Å². The highest BCUT2D eigenvalue weighted by Gasteiger charge is 2.52. The molecule has 0 N–H and O–H groups in total. The number of carbonyl (C=O) groups is 1. The fourth-order valence-corrected chi connectivity index (χ4v) is 6.50. The maximum Gasteiger partial charge on any atom is 0.251 e.